The zero-order valence-corrected chi connectivity index (χ0v) is 11.1. The quantitative estimate of drug-likeness (QED) is 0.757. The molecule has 0 saturated heterocycles. The van der Waals surface area contributed by atoms with E-state index in [2.05, 4.69) is 4.98 Å². The molecule has 20 heavy (non-hydrogen) atoms. The number of nitrogens with zero attached hydrogens (tertiary/aromatic N) is 2. The van der Waals surface area contributed by atoms with E-state index < -0.39 is 5.82 Å². The Balaban J connectivity index is 1.72. The monoisotopic (exact) mass is 270 g/mol. The van der Waals surface area contributed by atoms with Gasteiger partial charge in [-0.3, -0.25) is 4.98 Å². The maximum atomic E-state index is 13.6. The number of nitriles is 1. The van der Waals surface area contributed by atoms with Gasteiger partial charge in [0.1, 0.15) is 5.82 Å². The van der Waals surface area contributed by atoms with E-state index in [0.717, 1.165) is 12.8 Å². The lowest BCUT2D eigenvalue weighted by molar-refractivity contribution is 0.116. The number of rotatable bonds is 6. The van der Waals surface area contributed by atoms with Crippen LogP contribution in [0.3, 0.4) is 0 Å². The topological polar surface area (TPSA) is 45.9 Å². The molecular formula is C16H15FN2O. The van der Waals surface area contributed by atoms with Crippen LogP contribution in [0.2, 0.25) is 0 Å². The number of benzene rings is 1. The molecule has 0 radical (unpaired) electrons. The van der Waals surface area contributed by atoms with Crippen molar-refractivity contribution >= 4 is 0 Å². The minimum absolute atomic E-state index is 0.230. The molecule has 0 unspecified atom stereocenters. The summed E-state index contributed by atoms with van der Waals surface area (Å²) in [6.07, 6.45) is 5.32. The van der Waals surface area contributed by atoms with Gasteiger partial charge in [-0.05, 0) is 42.7 Å². The van der Waals surface area contributed by atoms with Gasteiger partial charge in [-0.25, -0.2) is 4.39 Å². The summed E-state index contributed by atoms with van der Waals surface area (Å²) in [6, 6.07) is 10.3. The summed E-state index contributed by atoms with van der Waals surface area (Å²) >= 11 is 0. The third kappa shape index (κ3) is 4.15. The second-order valence-electron chi connectivity index (χ2n) is 4.43. The molecule has 1 heterocycles. The fraction of sp³-hybridized carbons (Fsp3) is 0.250. The lowest BCUT2D eigenvalue weighted by atomic mass is 10.1. The molecule has 2 aromatic rings. The fourth-order valence-corrected chi connectivity index (χ4v) is 1.84. The van der Waals surface area contributed by atoms with E-state index in [9.17, 15) is 4.39 Å². The first-order chi connectivity index (χ1) is 9.79. The average molecular weight is 270 g/mol. The van der Waals surface area contributed by atoms with Crippen LogP contribution in [0.15, 0.2) is 42.7 Å². The van der Waals surface area contributed by atoms with Crippen molar-refractivity contribution in [3.63, 3.8) is 0 Å². The fourth-order valence-electron chi connectivity index (χ4n) is 1.84. The average Bonchev–Trinajstić information content (AvgIpc) is 2.49. The van der Waals surface area contributed by atoms with E-state index in [4.69, 9.17) is 10.00 Å². The highest BCUT2D eigenvalue weighted by atomic mass is 19.1. The Bertz CT molecular complexity index is 593. The molecule has 0 fully saturated rings. The van der Waals surface area contributed by atoms with Gasteiger partial charge in [0.05, 0.1) is 18.2 Å². The van der Waals surface area contributed by atoms with Crippen molar-refractivity contribution in [2.24, 2.45) is 0 Å². The van der Waals surface area contributed by atoms with Crippen molar-refractivity contribution in [1.29, 1.82) is 5.26 Å². The third-order valence-corrected chi connectivity index (χ3v) is 2.94. The van der Waals surface area contributed by atoms with Gasteiger partial charge in [-0.15, -0.1) is 0 Å². The Kier molecular flexibility index (Phi) is 5.22. The first-order valence-corrected chi connectivity index (χ1v) is 6.45. The third-order valence-electron chi connectivity index (χ3n) is 2.94. The molecule has 2 rings (SSSR count). The second kappa shape index (κ2) is 7.37. The molecule has 102 valence electrons. The first kappa shape index (κ1) is 14.2. The van der Waals surface area contributed by atoms with Crippen molar-refractivity contribution in [3.8, 4) is 6.07 Å². The number of aryl methyl sites for hydroxylation is 1. The Labute approximate surface area is 117 Å². The Morgan fingerprint density at radius 2 is 2.00 bits per heavy atom. The molecule has 0 N–H and O–H groups in total. The van der Waals surface area contributed by atoms with Gasteiger partial charge in [0, 0.05) is 24.6 Å². The van der Waals surface area contributed by atoms with Crippen molar-refractivity contribution in [1.82, 2.24) is 4.98 Å². The Hall–Kier alpha value is -2.25. The maximum absolute atomic E-state index is 13.6. The van der Waals surface area contributed by atoms with Gasteiger partial charge in [0.25, 0.3) is 0 Å². The van der Waals surface area contributed by atoms with Gasteiger partial charge in [-0.2, -0.15) is 5.26 Å². The first-order valence-electron chi connectivity index (χ1n) is 6.45. The van der Waals surface area contributed by atoms with E-state index in [-0.39, 0.29) is 6.61 Å². The Morgan fingerprint density at radius 3 is 2.70 bits per heavy atom. The highest BCUT2D eigenvalue weighted by molar-refractivity contribution is 5.32. The zero-order valence-electron chi connectivity index (χ0n) is 11.1. The molecule has 0 bridgehead atoms. The summed E-state index contributed by atoms with van der Waals surface area (Å²) in [6.45, 7) is 0.801. The predicted molar refractivity (Wildman–Crippen MR) is 73.3 cm³/mol. The summed E-state index contributed by atoms with van der Waals surface area (Å²) < 4.78 is 19.0. The largest absolute Gasteiger partial charge is 0.377 e. The molecule has 0 spiro atoms. The zero-order chi connectivity index (χ0) is 14.2. The highest BCUT2D eigenvalue weighted by Crippen LogP contribution is 2.11. The van der Waals surface area contributed by atoms with Crippen LogP contribution < -0.4 is 0 Å². The van der Waals surface area contributed by atoms with E-state index >= 15 is 0 Å². The van der Waals surface area contributed by atoms with Crippen molar-refractivity contribution < 1.29 is 9.13 Å². The second-order valence-corrected chi connectivity index (χ2v) is 4.43. The molecule has 1 aromatic heterocycles. The van der Waals surface area contributed by atoms with Crippen LogP contribution in [0, 0.1) is 17.1 Å². The van der Waals surface area contributed by atoms with Gasteiger partial charge in [-0.1, -0.05) is 6.07 Å². The summed E-state index contributed by atoms with van der Waals surface area (Å²) in [4.78, 5) is 3.96. The van der Waals surface area contributed by atoms with E-state index in [1.54, 1.807) is 24.5 Å². The van der Waals surface area contributed by atoms with Gasteiger partial charge < -0.3 is 4.74 Å². The van der Waals surface area contributed by atoms with E-state index in [0.29, 0.717) is 17.7 Å². The smallest absolute Gasteiger partial charge is 0.130 e. The van der Waals surface area contributed by atoms with Gasteiger partial charge in [0.2, 0.25) is 0 Å². The number of hydrogen-bond donors (Lipinski definition) is 0. The minimum atomic E-state index is -0.391. The molecule has 0 amide bonds. The normalized spacial score (nSPS) is 10.2. The van der Waals surface area contributed by atoms with Crippen LogP contribution in [0.5, 0.6) is 0 Å². The van der Waals surface area contributed by atoms with Crippen molar-refractivity contribution in [2.45, 2.75) is 19.4 Å². The van der Waals surface area contributed by atoms with Crippen LogP contribution in [0.25, 0.3) is 0 Å². The van der Waals surface area contributed by atoms with Gasteiger partial charge in [0.15, 0.2) is 0 Å². The number of hydrogen-bond acceptors (Lipinski definition) is 3. The molecule has 0 aliphatic heterocycles. The number of aromatic nitrogens is 1. The Morgan fingerprint density at radius 1 is 1.20 bits per heavy atom. The van der Waals surface area contributed by atoms with E-state index in [1.807, 2.05) is 18.2 Å². The lowest BCUT2D eigenvalue weighted by Crippen LogP contribution is -2.00. The van der Waals surface area contributed by atoms with Crippen LogP contribution in [0.1, 0.15) is 23.1 Å². The standard InChI is InChI=1S/C16H15FN2O/c17-16-10-14(11-18)3-4-15(16)12-20-9-1-2-13-5-7-19-8-6-13/h3-8,10H,1-2,9,12H2. The molecule has 0 atom stereocenters. The number of ether oxygens (including phenoxy) is 1. The van der Waals surface area contributed by atoms with Gasteiger partial charge >= 0.3 is 0 Å². The van der Waals surface area contributed by atoms with Crippen LogP contribution in [-0.4, -0.2) is 11.6 Å². The van der Waals surface area contributed by atoms with E-state index in [1.165, 1.54) is 11.6 Å². The van der Waals surface area contributed by atoms with Crippen LogP contribution in [0.4, 0.5) is 4.39 Å². The highest BCUT2D eigenvalue weighted by Gasteiger charge is 2.03. The molecule has 0 aliphatic carbocycles. The molecule has 3 nitrogen and oxygen atoms in total. The molecule has 0 aliphatic rings. The number of pyridine rings is 1. The summed E-state index contributed by atoms with van der Waals surface area (Å²) in [5.41, 5.74) is 2.02. The lowest BCUT2D eigenvalue weighted by Gasteiger charge is -2.06. The molecule has 4 heteroatoms. The molecule has 1 aromatic carbocycles. The minimum Gasteiger partial charge on any atom is -0.377 e. The SMILES string of the molecule is N#Cc1ccc(COCCCc2ccncc2)c(F)c1. The van der Waals surface area contributed by atoms with Crippen molar-refractivity contribution in [2.75, 3.05) is 6.61 Å². The molecular weight excluding hydrogens is 255 g/mol. The maximum Gasteiger partial charge on any atom is 0.130 e. The van der Waals surface area contributed by atoms with Crippen molar-refractivity contribution in [3.05, 3.63) is 65.2 Å². The van der Waals surface area contributed by atoms with Crippen LogP contribution in [-0.2, 0) is 17.8 Å². The summed E-state index contributed by atoms with van der Waals surface area (Å²) in [5.74, 6) is -0.391. The summed E-state index contributed by atoms with van der Waals surface area (Å²) in [7, 11) is 0. The van der Waals surface area contributed by atoms with Crippen LogP contribution >= 0.6 is 0 Å². The summed E-state index contributed by atoms with van der Waals surface area (Å²) in [5, 5.41) is 8.65. The molecule has 0 saturated carbocycles. The predicted octanol–water partition coefficient (Wildman–Crippen LogP) is 3.24. The number of halogens is 1.